The summed E-state index contributed by atoms with van der Waals surface area (Å²) in [6.07, 6.45) is 2.72. The molecule has 1 saturated carbocycles. The van der Waals surface area contributed by atoms with Crippen LogP contribution in [0.2, 0.25) is 0 Å². The zero-order chi connectivity index (χ0) is 6.85. The Morgan fingerprint density at radius 1 is 1.22 bits per heavy atom. The highest BCUT2D eigenvalue weighted by Gasteiger charge is 2.26. The predicted molar refractivity (Wildman–Crippen MR) is 40.1 cm³/mol. The summed E-state index contributed by atoms with van der Waals surface area (Å²) in [6.45, 7) is 5.56. The second-order valence-corrected chi connectivity index (χ2v) is 3.53. The van der Waals surface area contributed by atoms with Crippen molar-refractivity contribution in [3.05, 3.63) is 0 Å². The van der Waals surface area contributed by atoms with Gasteiger partial charge in [0.15, 0.2) is 0 Å². The number of nitrogens with two attached hydrogens (primary N) is 1. The molecule has 1 fully saturated rings. The van der Waals surface area contributed by atoms with E-state index in [0.717, 1.165) is 24.3 Å². The lowest BCUT2D eigenvalue weighted by Gasteiger charge is -2.04. The van der Waals surface area contributed by atoms with E-state index < -0.39 is 0 Å². The molecule has 0 aliphatic heterocycles. The van der Waals surface area contributed by atoms with Crippen molar-refractivity contribution < 1.29 is 0 Å². The van der Waals surface area contributed by atoms with Gasteiger partial charge in [-0.25, -0.2) is 0 Å². The summed E-state index contributed by atoms with van der Waals surface area (Å²) >= 11 is 0. The molecule has 0 saturated heterocycles. The van der Waals surface area contributed by atoms with Crippen LogP contribution in [0.1, 0.15) is 26.7 Å². The van der Waals surface area contributed by atoms with Gasteiger partial charge in [-0.3, -0.25) is 0 Å². The van der Waals surface area contributed by atoms with Gasteiger partial charge in [-0.05, 0) is 37.1 Å². The topological polar surface area (TPSA) is 26.0 Å². The van der Waals surface area contributed by atoms with E-state index in [-0.39, 0.29) is 0 Å². The van der Waals surface area contributed by atoms with Crippen molar-refractivity contribution in [2.45, 2.75) is 26.7 Å². The Morgan fingerprint density at radius 2 is 1.67 bits per heavy atom. The van der Waals surface area contributed by atoms with Crippen molar-refractivity contribution >= 4 is 0 Å². The highest BCUT2D eigenvalue weighted by Crippen LogP contribution is 2.34. The van der Waals surface area contributed by atoms with Crippen LogP contribution >= 0.6 is 0 Å². The second kappa shape index (κ2) is 2.70. The maximum absolute atomic E-state index is 5.56. The molecule has 1 aliphatic rings. The van der Waals surface area contributed by atoms with Gasteiger partial charge in [0.05, 0.1) is 0 Å². The quantitative estimate of drug-likeness (QED) is 0.569. The van der Waals surface area contributed by atoms with E-state index in [1.807, 2.05) is 0 Å². The molecular formula is C8H17N. The molecule has 0 heterocycles. The fourth-order valence-corrected chi connectivity index (χ4v) is 1.80. The third-order valence-corrected chi connectivity index (χ3v) is 2.71. The van der Waals surface area contributed by atoms with E-state index in [2.05, 4.69) is 13.8 Å². The molecule has 0 radical (unpaired) electrons. The minimum Gasteiger partial charge on any atom is -0.330 e. The lowest BCUT2D eigenvalue weighted by molar-refractivity contribution is 0.457. The summed E-state index contributed by atoms with van der Waals surface area (Å²) in [5.74, 6) is 2.66. The maximum Gasteiger partial charge on any atom is -0.00487 e. The van der Waals surface area contributed by atoms with Gasteiger partial charge in [-0.1, -0.05) is 13.8 Å². The summed E-state index contributed by atoms with van der Waals surface area (Å²) in [5.41, 5.74) is 5.56. The van der Waals surface area contributed by atoms with Crippen molar-refractivity contribution in [1.29, 1.82) is 0 Å². The van der Waals surface area contributed by atoms with Crippen LogP contribution in [0, 0.1) is 17.8 Å². The van der Waals surface area contributed by atoms with Gasteiger partial charge in [0, 0.05) is 0 Å². The SMILES string of the molecule is C[C@H]1CC(CN)C[C@@H]1C. The van der Waals surface area contributed by atoms with Crippen LogP contribution in [0.15, 0.2) is 0 Å². The summed E-state index contributed by atoms with van der Waals surface area (Å²) < 4.78 is 0. The van der Waals surface area contributed by atoms with Crippen LogP contribution in [-0.2, 0) is 0 Å². The molecule has 1 aliphatic carbocycles. The normalized spacial score (nSPS) is 37.7. The number of hydrogen-bond acceptors (Lipinski definition) is 1. The first-order chi connectivity index (χ1) is 4.24. The van der Waals surface area contributed by atoms with Crippen LogP contribution in [0.5, 0.6) is 0 Å². The zero-order valence-corrected chi connectivity index (χ0v) is 6.43. The molecule has 0 aromatic carbocycles. The van der Waals surface area contributed by atoms with Crippen molar-refractivity contribution in [3.8, 4) is 0 Å². The van der Waals surface area contributed by atoms with Crippen molar-refractivity contribution in [3.63, 3.8) is 0 Å². The molecule has 1 rings (SSSR count). The van der Waals surface area contributed by atoms with Crippen molar-refractivity contribution in [2.24, 2.45) is 23.5 Å². The molecule has 2 N–H and O–H groups in total. The first-order valence-electron chi connectivity index (χ1n) is 3.94. The molecular weight excluding hydrogens is 110 g/mol. The Kier molecular flexibility index (Phi) is 2.12. The maximum atomic E-state index is 5.56. The lowest BCUT2D eigenvalue weighted by atomic mass is 10.0. The van der Waals surface area contributed by atoms with Crippen LogP contribution < -0.4 is 5.73 Å². The number of hydrogen-bond donors (Lipinski definition) is 1. The third-order valence-electron chi connectivity index (χ3n) is 2.71. The van der Waals surface area contributed by atoms with Gasteiger partial charge >= 0.3 is 0 Å². The third kappa shape index (κ3) is 1.45. The highest BCUT2D eigenvalue weighted by atomic mass is 14.6. The summed E-state index contributed by atoms with van der Waals surface area (Å²) in [6, 6.07) is 0. The van der Waals surface area contributed by atoms with Gasteiger partial charge < -0.3 is 5.73 Å². The van der Waals surface area contributed by atoms with E-state index in [9.17, 15) is 0 Å². The largest absolute Gasteiger partial charge is 0.330 e. The molecule has 0 aromatic rings. The summed E-state index contributed by atoms with van der Waals surface area (Å²) in [4.78, 5) is 0. The van der Waals surface area contributed by atoms with Gasteiger partial charge in [-0.2, -0.15) is 0 Å². The zero-order valence-electron chi connectivity index (χ0n) is 6.43. The molecule has 0 amide bonds. The molecule has 0 unspecified atom stereocenters. The van der Waals surface area contributed by atoms with E-state index >= 15 is 0 Å². The van der Waals surface area contributed by atoms with Crippen LogP contribution in [0.3, 0.4) is 0 Å². The standard InChI is InChI=1S/C8H17N/c1-6-3-8(5-9)4-7(6)2/h6-8H,3-5,9H2,1-2H3/t6-,7-/m0/s1. The Bertz CT molecular complexity index is 80.6. The van der Waals surface area contributed by atoms with E-state index in [0.29, 0.717) is 0 Å². The monoisotopic (exact) mass is 127 g/mol. The molecule has 1 nitrogen and oxygen atoms in total. The fourth-order valence-electron chi connectivity index (χ4n) is 1.80. The molecule has 9 heavy (non-hydrogen) atoms. The molecule has 0 spiro atoms. The Balaban J connectivity index is 2.35. The van der Waals surface area contributed by atoms with Crippen molar-refractivity contribution in [2.75, 3.05) is 6.54 Å². The van der Waals surface area contributed by atoms with Crippen LogP contribution in [0.25, 0.3) is 0 Å². The Morgan fingerprint density at radius 3 is 1.89 bits per heavy atom. The first-order valence-corrected chi connectivity index (χ1v) is 3.94. The van der Waals surface area contributed by atoms with Gasteiger partial charge in [-0.15, -0.1) is 0 Å². The minimum atomic E-state index is 0.829. The first kappa shape index (κ1) is 7.07. The van der Waals surface area contributed by atoms with E-state index in [1.54, 1.807) is 0 Å². The average molecular weight is 127 g/mol. The predicted octanol–water partition coefficient (Wildman–Crippen LogP) is 1.63. The molecule has 54 valence electrons. The van der Waals surface area contributed by atoms with Gasteiger partial charge in [0.1, 0.15) is 0 Å². The lowest BCUT2D eigenvalue weighted by Crippen LogP contribution is -2.10. The number of rotatable bonds is 1. The summed E-state index contributed by atoms with van der Waals surface area (Å²) in [7, 11) is 0. The van der Waals surface area contributed by atoms with Crippen LogP contribution in [0.4, 0.5) is 0 Å². The highest BCUT2D eigenvalue weighted by molar-refractivity contribution is 4.78. The minimum absolute atomic E-state index is 0.829. The molecule has 0 aromatic heterocycles. The average Bonchev–Trinajstić information content (AvgIpc) is 2.13. The molecule has 1 heteroatoms. The summed E-state index contributed by atoms with van der Waals surface area (Å²) in [5, 5.41) is 0. The van der Waals surface area contributed by atoms with E-state index in [1.165, 1.54) is 12.8 Å². The molecule has 2 atom stereocenters. The Labute approximate surface area is 57.6 Å². The second-order valence-electron chi connectivity index (χ2n) is 3.53. The van der Waals surface area contributed by atoms with E-state index in [4.69, 9.17) is 5.73 Å². The molecule has 0 bridgehead atoms. The van der Waals surface area contributed by atoms with Crippen LogP contribution in [-0.4, -0.2) is 6.54 Å². The fraction of sp³-hybridized carbons (Fsp3) is 1.00. The Hall–Kier alpha value is -0.0400. The van der Waals surface area contributed by atoms with Crippen molar-refractivity contribution in [1.82, 2.24) is 0 Å². The van der Waals surface area contributed by atoms with Gasteiger partial charge in [0.25, 0.3) is 0 Å². The smallest absolute Gasteiger partial charge is 0.00487 e. The van der Waals surface area contributed by atoms with Gasteiger partial charge in [0.2, 0.25) is 0 Å².